The molecule has 5 atom stereocenters. The molecule has 3 rings (SSSR count). The topological polar surface area (TPSA) is 20.2 Å². The molecule has 0 heterocycles. The Bertz CT molecular complexity index is 424. The Balaban J connectivity index is 1.91. The van der Waals surface area contributed by atoms with Crippen molar-refractivity contribution in [1.82, 2.24) is 0 Å². The van der Waals surface area contributed by atoms with E-state index in [9.17, 15) is 5.11 Å². The maximum atomic E-state index is 10.00. The van der Waals surface area contributed by atoms with Crippen LogP contribution in [0.5, 0.6) is 0 Å². The number of hydrogen-bond acceptors (Lipinski definition) is 1. The summed E-state index contributed by atoms with van der Waals surface area (Å²) in [7, 11) is 0. The van der Waals surface area contributed by atoms with Crippen LogP contribution in [0.1, 0.15) is 72.6 Å². The van der Waals surface area contributed by atoms with Crippen LogP contribution in [0.25, 0.3) is 0 Å². The highest BCUT2D eigenvalue weighted by Gasteiger charge is 2.54. The Morgan fingerprint density at radius 3 is 2.62 bits per heavy atom. The van der Waals surface area contributed by atoms with Gasteiger partial charge < -0.3 is 5.11 Å². The molecule has 120 valence electrons. The van der Waals surface area contributed by atoms with Gasteiger partial charge in [0.15, 0.2) is 0 Å². The van der Waals surface area contributed by atoms with Crippen LogP contribution < -0.4 is 0 Å². The fraction of sp³-hybridized carbons (Fsp3) is 0.900. The highest BCUT2D eigenvalue weighted by Crippen LogP contribution is 2.63. The summed E-state index contributed by atoms with van der Waals surface area (Å²) in [6.45, 7) is 10.0. The Kier molecular flexibility index (Phi) is 4.01. The first-order valence-corrected chi connectivity index (χ1v) is 9.22. The van der Waals surface area contributed by atoms with E-state index in [0.717, 1.165) is 23.7 Å². The molecule has 0 aromatic heterocycles. The Hall–Kier alpha value is -0.300. The average molecular weight is 290 g/mol. The molecule has 0 amide bonds. The van der Waals surface area contributed by atoms with Crippen LogP contribution in [-0.4, -0.2) is 11.7 Å². The van der Waals surface area contributed by atoms with E-state index in [-0.39, 0.29) is 5.41 Å². The van der Waals surface area contributed by atoms with Crippen molar-refractivity contribution in [2.45, 2.75) is 72.6 Å². The molecule has 1 heteroatoms. The van der Waals surface area contributed by atoms with Gasteiger partial charge in [-0.1, -0.05) is 45.8 Å². The summed E-state index contributed by atoms with van der Waals surface area (Å²) in [5, 5.41) is 10.00. The minimum absolute atomic E-state index is 0.174. The summed E-state index contributed by atoms with van der Waals surface area (Å²) in [5.74, 6) is 3.13. The van der Waals surface area contributed by atoms with Gasteiger partial charge in [-0.3, -0.25) is 0 Å². The Morgan fingerprint density at radius 2 is 1.95 bits per heavy atom. The molecule has 3 aliphatic carbocycles. The maximum absolute atomic E-state index is 10.00. The molecule has 0 bridgehead atoms. The van der Waals surface area contributed by atoms with Crippen molar-refractivity contribution in [1.29, 1.82) is 0 Å². The summed E-state index contributed by atoms with van der Waals surface area (Å²) in [4.78, 5) is 0. The maximum Gasteiger partial charge on any atom is 0.0487 e. The summed E-state index contributed by atoms with van der Waals surface area (Å²) in [6, 6.07) is 0. The van der Waals surface area contributed by atoms with Gasteiger partial charge in [-0.25, -0.2) is 0 Å². The van der Waals surface area contributed by atoms with Crippen LogP contribution in [0.2, 0.25) is 0 Å². The fourth-order valence-corrected chi connectivity index (χ4v) is 6.17. The van der Waals surface area contributed by atoms with Gasteiger partial charge in [-0.2, -0.15) is 0 Å². The molecule has 1 N–H and O–H groups in total. The number of hydrogen-bond donors (Lipinski definition) is 1. The first-order chi connectivity index (χ1) is 9.90. The minimum Gasteiger partial charge on any atom is -0.396 e. The highest BCUT2D eigenvalue weighted by molar-refractivity contribution is 5.22. The molecule has 0 aliphatic heterocycles. The lowest BCUT2D eigenvalue weighted by Gasteiger charge is -2.59. The number of allylic oxidation sites excluding steroid dienone is 2. The van der Waals surface area contributed by atoms with Crippen molar-refractivity contribution in [3.05, 3.63) is 11.6 Å². The van der Waals surface area contributed by atoms with Gasteiger partial charge in [0, 0.05) is 6.61 Å². The number of aliphatic hydroxyl groups is 1. The van der Waals surface area contributed by atoms with Crippen LogP contribution in [0.15, 0.2) is 11.6 Å². The number of rotatable bonds is 2. The second-order valence-electron chi connectivity index (χ2n) is 9.04. The third kappa shape index (κ3) is 2.40. The minimum atomic E-state index is 0.174. The van der Waals surface area contributed by atoms with Crippen LogP contribution in [0.4, 0.5) is 0 Å². The van der Waals surface area contributed by atoms with E-state index in [1.54, 1.807) is 5.57 Å². The lowest BCUT2D eigenvalue weighted by molar-refractivity contribution is -0.0888. The molecule has 1 nitrogen and oxygen atoms in total. The Labute approximate surface area is 131 Å². The van der Waals surface area contributed by atoms with Crippen LogP contribution >= 0.6 is 0 Å². The van der Waals surface area contributed by atoms with Gasteiger partial charge in [-0.15, -0.1) is 0 Å². The quantitative estimate of drug-likeness (QED) is 0.694. The zero-order valence-electron chi connectivity index (χ0n) is 14.5. The molecule has 0 aromatic carbocycles. The van der Waals surface area contributed by atoms with Gasteiger partial charge in [0.05, 0.1) is 0 Å². The van der Waals surface area contributed by atoms with E-state index in [1.165, 1.54) is 44.9 Å². The Morgan fingerprint density at radius 1 is 1.19 bits per heavy atom. The fourth-order valence-electron chi connectivity index (χ4n) is 6.17. The third-order valence-corrected chi connectivity index (χ3v) is 7.50. The zero-order valence-corrected chi connectivity index (χ0v) is 14.5. The second kappa shape index (κ2) is 5.41. The van der Waals surface area contributed by atoms with Gasteiger partial charge in [0.1, 0.15) is 0 Å². The van der Waals surface area contributed by atoms with Crippen molar-refractivity contribution in [2.24, 2.45) is 34.5 Å². The van der Waals surface area contributed by atoms with Gasteiger partial charge in [0.25, 0.3) is 0 Å². The molecule has 0 spiro atoms. The van der Waals surface area contributed by atoms with Gasteiger partial charge in [-0.05, 0) is 73.0 Å². The van der Waals surface area contributed by atoms with Gasteiger partial charge >= 0.3 is 0 Å². The smallest absolute Gasteiger partial charge is 0.0487 e. The van der Waals surface area contributed by atoms with Crippen molar-refractivity contribution in [2.75, 3.05) is 6.61 Å². The van der Waals surface area contributed by atoms with E-state index >= 15 is 0 Å². The van der Waals surface area contributed by atoms with E-state index in [4.69, 9.17) is 0 Å². The molecule has 21 heavy (non-hydrogen) atoms. The van der Waals surface area contributed by atoms with E-state index < -0.39 is 0 Å². The lowest BCUT2D eigenvalue weighted by atomic mass is 9.45. The molecule has 2 fully saturated rings. The van der Waals surface area contributed by atoms with Crippen molar-refractivity contribution in [3.63, 3.8) is 0 Å². The van der Waals surface area contributed by atoms with Crippen molar-refractivity contribution < 1.29 is 5.11 Å². The summed E-state index contributed by atoms with van der Waals surface area (Å²) in [5.41, 5.74) is 2.40. The molecule has 3 aliphatic rings. The second-order valence-corrected chi connectivity index (χ2v) is 9.04. The number of fused-ring (bicyclic) bond motifs is 3. The molecular weight excluding hydrogens is 256 g/mol. The molecule has 0 unspecified atom stereocenters. The normalized spacial score (nSPS) is 46.8. The third-order valence-electron chi connectivity index (χ3n) is 7.50. The van der Waals surface area contributed by atoms with E-state index in [0.29, 0.717) is 12.0 Å². The summed E-state index contributed by atoms with van der Waals surface area (Å²) >= 11 is 0. The molecular formula is C20H34O. The SMILES string of the molecule is CC(C)[C@@H]1C=C2CC[C@H]3[C@@](C)(CO)CCC[C@@]3(C)[C@@H]2CC1. The first kappa shape index (κ1) is 15.6. The van der Waals surface area contributed by atoms with Crippen LogP contribution in [0, 0.1) is 34.5 Å². The monoisotopic (exact) mass is 290 g/mol. The predicted octanol–water partition coefficient (Wildman–Crippen LogP) is 5.19. The molecule has 0 radical (unpaired) electrons. The number of aliphatic hydroxyl groups excluding tert-OH is 1. The van der Waals surface area contributed by atoms with E-state index in [1.807, 2.05) is 0 Å². The van der Waals surface area contributed by atoms with Gasteiger partial charge in [0.2, 0.25) is 0 Å². The highest BCUT2D eigenvalue weighted by atomic mass is 16.3. The first-order valence-electron chi connectivity index (χ1n) is 9.22. The van der Waals surface area contributed by atoms with Crippen LogP contribution in [0.3, 0.4) is 0 Å². The van der Waals surface area contributed by atoms with Crippen molar-refractivity contribution >= 4 is 0 Å². The summed E-state index contributed by atoms with van der Waals surface area (Å²) < 4.78 is 0. The standard InChI is InChI=1S/C20H34O/c1-14(2)15-6-8-17-16(12-15)7-9-18-19(3,13-21)10-5-11-20(17,18)4/h12,14-15,17-18,21H,5-11,13H2,1-4H3/t15-,17+,18-,19+,20-/m0/s1. The molecule has 2 saturated carbocycles. The zero-order chi connectivity index (χ0) is 15.3. The van der Waals surface area contributed by atoms with E-state index in [2.05, 4.69) is 33.8 Å². The largest absolute Gasteiger partial charge is 0.396 e. The summed E-state index contributed by atoms with van der Waals surface area (Å²) in [6.07, 6.45) is 11.9. The predicted molar refractivity (Wildman–Crippen MR) is 89.0 cm³/mol. The molecule has 0 saturated heterocycles. The molecule has 0 aromatic rings. The average Bonchev–Trinajstić information content (AvgIpc) is 2.46. The van der Waals surface area contributed by atoms with Crippen molar-refractivity contribution in [3.8, 4) is 0 Å². The van der Waals surface area contributed by atoms with Crippen LogP contribution in [-0.2, 0) is 0 Å². The lowest BCUT2D eigenvalue weighted by Crippen LogP contribution is -2.52.